The molecule has 0 fully saturated rings. The third-order valence-corrected chi connectivity index (χ3v) is 3.50. The van der Waals surface area contributed by atoms with Gasteiger partial charge in [-0.3, -0.25) is 19.1 Å². The van der Waals surface area contributed by atoms with E-state index in [4.69, 9.17) is 0 Å². The molecule has 0 aromatic carbocycles. The van der Waals surface area contributed by atoms with Crippen LogP contribution >= 0.6 is 0 Å². The van der Waals surface area contributed by atoms with Crippen LogP contribution in [0.5, 0.6) is 0 Å². The topological polar surface area (TPSA) is 115 Å². The number of carbonyl (C=O) groups is 1. The summed E-state index contributed by atoms with van der Waals surface area (Å²) in [6, 6.07) is -0.287. The van der Waals surface area contributed by atoms with Gasteiger partial charge in [-0.1, -0.05) is 6.92 Å². The Morgan fingerprint density at radius 3 is 2.78 bits per heavy atom. The van der Waals surface area contributed by atoms with Crippen LogP contribution in [0.3, 0.4) is 0 Å². The predicted molar refractivity (Wildman–Crippen MR) is 82.9 cm³/mol. The molecule has 0 aliphatic heterocycles. The van der Waals surface area contributed by atoms with E-state index >= 15 is 0 Å². The summed E-state index contributed by atoms with van der Waals surface area (Å²) in [6.45, 7) is 5.92. The van der Waals surface area contributed by atoms with E-state index in [9.17, 15) is 14.4 Å². The zero-order chi connectivity index (χ0) is 17.0. The lowest BCUT2D eigenvalue weighted by Gasteiger charge is -2.17. The number of hydrogen-bond donors (Lipinski definition) is 2. The summed E-state index contributed by atoms with van der Waals surface area (Å²) < 4.78 is 2.88. The average molecular weight is 320 g/mol. The van der Waals surface area contributed by atoms with Crippen molar-refractivity contribution in [3.63, 3.8) is 0 Å². The molecule has 2 aromatic heterocycles. The molecule has 1 amide bonds. The number of aryl methyl sites for hydroxylation is 2. The van der Waals surface area contributed by atoms with Crippen molar-refractivity contribution in [1.82, 2.24) is 29.6 Å². The summed E-state index contributed by atoms with van der Waals surface area (Å²) in [7, 11) is 0. The number of carbonyl (C=O) groups excluding carboxylic acids is 1. The van der Waals surface area contributed by atoms with E-state index in [-0.39, 0.29) is 18.5 Å². The molecule has 0 aliphatic rings. The highest BCUT2D eigenvalue weighted by atomic mass is 16.2. The van der Waals surface area contributed by atoms with E-state index in [0.717, 1.165) is 0 Å². The normalized spacial score (nSPS) is 12.1. The summed E-state index contributed by atoms with van der Waals surface area (Å²) in [5.74, 6) is 0.337. The lowest BCUT2D eigenvalue weighted by Crippen LogP contribution is -2.38. The highest BCUT2D eigenvalue weighted by molar-refractivity contribution is 5.76. The minimum absolute atomic E-state index is 0.173. The lowest BCUT2D eigenvalue weighted by molar-refractivity contribution is -0.122. The molecule has 9 nitrogen and oxygen atoms in total. The second-order valence-electron chi connectivity index (χ2n) is 5.16. The molecule has 1 unspecified atom stereocenters. The van der Waals surface area contributed by atoms with Gasteiger partial charge in [0.05, 0.1) is 6.04 Å². The maximum absolute atomic E-state index is 12.2. The van der Waals surface area contributed by atoms with Gasteiger partial charge in [0, 0.05) is 18.3 Å². The quantitative estimate of drug-likeness (QED) is 0.760. The molecule has 0 saturated carbocycles. The van der Waals surface area contributed by atoms with Crippen LogP contribution in [-0.4, -0.2) is 30.2 Å². The molecule has 0 aliphatic carbocycles. The Labute approximate surface area is 132 Å². The number of amides is 1. The number of nitrogens with one attached hydrogen (secondary N) is 2. The van der Waals surface area contributed by atoms with Crippen molar-refractivity contribution in [2.75, 3.05) is 0 Å². The maximum atomic E-state index is 12.2. The fourth-order valence-corrected chi connectivity index (χ4v) is 2.27. The van der Waals surface area contributed by atoms with Crippen LogP contribution < -0.4 is 16.6 Å². The first kappa shape index (κ1) is 16.7. The molecule has 0 bridgehead atoms. The summed E-state index contributed by atoms with van der Waals surface area (Å²) >= 11 is 0. The molecule has 9 heteroatoms. The van der Waals surface area contributed by atoms with Crippen molar-refractivity contribution in [3.05, 3.63) is 44.8 Å². The molecule has 124 valence electrons. The Bertz CT molecular complexity index is 803. The minimum Gasteiger partial charge on any atom is -0.345 e. The minimum atomic E-state index is -0.611. The average Bonchev–Trinajstić information content (AvgIpc) is 2.98. The van der Waals surface area contributed by atoms with E-state index in [2.05, 4.69) is 20.4 Å². The first-order valence-corrected chi connectivity index (χ1v) is 7.43. The van der Waals surface area contributed by atoms with Gasteiger partial charge in [0.25, 0.3) is 5.56 Å². The van der Waals surface area contributed by atoms with Crippen LogP contribution in [0.2, 0.25) is 0 Å². The Morgan fingerprint density at radius 2 is 2.13 bits per heavy atom. The second kappa shape index (κ2) is 7.03. The summed E-state index contributed by atoms with van der Waals surface area (Å²) in [4.78, 5) is 41.6. The number of aromatic amines is 1. The zero-order valence-electron chi connectivity index (χ0n) is 13.4. The fourth-order valence-electron chi connectivity index (χ4n) is 2.27. The van der Waals surface area contributed by atoms with Gasteiger partial charge in [0.1, 0.15) is 18.7 Å². The van der Waals surface area contributed by atoms with Crippen molar-refractivity contribution in [2.45, 2.75) is 46.3 Å². The van der Waals surface area contributed by atoms with E-state index in [1.165, 1.54) is 17.1 Å². The van der Waals surface area contributed by atoms with Gasteiger partial charge in [-0.15, -0.1) is 0 Å². The number of hydrogen-bond acceptors (Lipinski definition) is 5. The molecule has 23 heavy (non-hydrogen) atoms. The van der Waals surface area contributed by atoms with Gasteiger partial charge in [0.15, 0.2) is 0 Å². The first-order valence-electron chi connectivity index (χ1n) is 7.43. The van der Waals surface area contributed by atoms with Crippen LogP contribution in [0.4, 0.5) is 0 Å². The monoisotopic (exact) mass is 320 g/mol. The zero-order valence-corrected chi connectivity index (χ0v) is 13.4. The molecular formula is C14H20N6O3. The molecule has 0 saturated heterocycles. The van der Waals surface area contributed by atoms with Crippen LogP contribution in [0.15, 0.2) is 22.1 Å². The fraction of sp³-hybridized carbons (Fsp3) is 0.500. The molecule has 0 radical (unpaired) electrons. The third kappa shape index (κ3) is 3.74. The third-order valence-electron chi connectivity index (χ3n) is 3.50. The summed E-state index contributed by atoms with van der Waals surface area (Å²) in [5, 5.41) is 6.93. The molecule has 2 aromatic rings. The van der Waals surface area contributed by atoms with Gasteiger partial charge < -0.3 is 5.32 Å². The van der Waals surface area contributed by atoms with Crippen LogP contribution in [0.1, 0.15) is 37.7 Å². The van der Waals surface area contributed by atoms with Crippen molar-refractivity contribution in [1.29, 1.82) is 0 Å². The standard InChI is InChI=1S/C14H20N6O3/c1-4-10(12-15-8-16-20(12)5-2)17-11(21)7-19-6-9(3)13(22)18-14(19)23/h6,8,10H,4-5,7H2,1-3H3,(H,17,21)(H,18,22,23). The summed E-state index contributed by atoms with van der Waals surface area (Å²) in [5.41, 5.74) is -0.690. The Morgan fingerprint density at radius 1 is 1.39 bits per heavy atom. The van der Waals surface area contributed by atoms with E-state index in [0.29, 0.717) is 24.4 Å². The van der Waals surface area contributed by atoms with Gasteiger partial charge >= 0.3 is 5.69 Å². The van der Waals surface area contributed by atoms with Crippen molar-refractivity contribution < 1.29 is 4.79 Å². The van der Waals surface area contributed by atoms with E-state index in [1.54, 1.807) is 11.6 Å². The maximum Gasteiger partial charge on any atom is 0.328 e. The molecule has 2 N–H and O–H groups in total. The Kier molecular flexibility index (Phi) is 5.09. The molecule has 2 rings (SSSR count). The lowest BCUT2D eigenvalue weighted by atomic mass is 10.2. The number of nitrogens with zero attached hydrogens (tertiary/aromatic N) is 4. The highest BCUT2D eigenvalue weighted by Gasteiger charge is 2.18. The van der Waals surface area contributed by atoms with E-state index in [1.807, 2.05) is 13.8 Å². The molecule has 2 heterocycles. The first-order chi connectivity index (χ1) is 11.0. The number of H-pyrrole nitrogens is 1. The van der Waals surface area contributed by atoms with Gasteiger partial charge in [-0.05, 0) is 20.3 Å². The smallest absolute Gasteiger partial charge is 0.328 e. The molecule has 0 spiro atoms. The van der Waals surface area contributed by atoms with Crippen LogP contribution in [0.25, 0.3) is 0 Å². The summed E-state index contributed by atoms with van der Waals surface area (Å²) in [6.07, 6.45) is 3.46. The SMILES string of the molecule is CCC(NC(=O)Cn1cc(C)c(=O)[nH]c1=O)c1ncnn1CC. The second-order valence-corrected chi connectivity index (χ2v) is 5.16. The van der Waals surface area contributed by atoms with E-state index < -0.39 is 11.2 Å². The van der Waals surface area contributed by atoms with Crippen LogP contribution in [0, 0.1) is 6.92 Å². The van der Waals surface area contributed by atoms with Crippen molar-refractivity contribution in [3.8, 4) is 0 Å². The Hall–Kier alpha value is -2.71. The molecular weight excluding hydrogens is 300 g/mol. The van der Waals surface area contributed by atoms with Gasteiger partial charge in [-0.2, -0.15) is 5.10 Å². The van der Waals surface area contributed by atoms with Crippen LogP contribution in [-0.2, 0) is 17.9 Å². The van der Waals surface area contributed by atoms with Gasteiger partial charge in [-0.25, -0.2) is 14.5 Å². The Balaban J connectivity index is 2.14. The highest BCUT2D eigenvalue weighted by Crippen LogP contribution is 2.13. The predicted octanol–water partition coefficient (Wildman–Crippen LogP) is -0.276. The number of rotatable bonds is 6. The van der Waals surface area contributed by atoms with Crippen molar-refractivity contribution in [2.24, 2.45) is 0 Å². The van der Waals surface area contributed by atoms with Crippen molar-refractivity contribution >= 4 is 5.91 Å². The number of aromatic nitrogens is 5. The molecule has 1 atom stereocenters. The van der Waals surface area contributed by atoms with Gasteiger partial charge in [0.2, 0.25) is 5.91 Å². The largest absolute Gasteiger partial charge is 0.345 e.